The van der Waals surface area contributed by atoms with E-state index in [-0.39, 0.29) is 30.2 Å². The molecule has 1 fully saturated rings. The summed E-state index contributed by atoms with van der Waals surface area (Å²) in [6, 6.07) is 6.38. The number of amides is 1. The van der Waals surface area contributed by atoms with E-state index in [0.717, 1.165) is 17.2 Å². The lowest BCUT2D eigenvalue weighted by atomic mass is 10.1. The fourth-order valence-corrected chi connectivity index (χ4v) is 2.65. The lowest BCUT2D eigenvalue weighted by molar-refractivity contribution is -0.122. The summed E-state index contributed by atoms with van der Waals surface area (Å²) >= 11 is 1.72. The average Bonchev–Trinajstić information content (AvgIpc) is 2.82. The number of hydrogen-bond acceptors (Lipinski definition) is 3. The summed E-state index contributed by atoms with van der Waals surface area (Å²) in [5.74, 6) is 1.46. The van der Waals surface area contributed by atoms with Gasteiger partial charge >= 0.3 is 0 Å². The molecule has 0 bridgehead atoms. The van der Waals surface area contributed by atoms with Crippen LogP contribution in [0.1, 0.15) is 5.56 Å². The molecule has 1 aliphatic heterocycles. The molecule has 100 valence electrons. The second kappa shape index (κ2) is 7.61. The highest BCUT2D eigenvalue weighted by molar-refractivity contribution is 7.99. The molecule has 18 heavy (non-hydrogen) atoms. The maximum atomic E-state index is 12.9. The van der Waals surface area contributed by atoms with E-state index in [1.54, 1.807) is 17.8 Å². The molecule has 0 spiro atoms. The number of carbonyl (C=O) groups is 1. The third-order valence-corrected chi connectivity index (χ3v) is 3.57. The van der Waals surface area contributed by atoms with Gasteiger partial charge in [-0.25, -0.2) is 4.39 Å². The Bertz CT molecular complexity index is 399. The quantitative estimate of drug-likeness (QED) is 0.884. The van der Waals surface area contributed by atoms with Gasteiger partial charge in [-0.15, -0.1) is 24.2 Å². The molecule has 1 atom stereocenters. The minimum absolute atomic E-state index is 0. The third-order valence-electron chi connectivity index (χ3n) is 2.63. The molecule has 1 aliphatic rings. The first-order chi connectivity index (χ1) is 8.25. The number of carbonyl (C=O) groups excluding carboxylic acids is 1. The first-order valence-electron chi connectivity index (χ1n) is 5.59. The van der Waals surface area contributed by atoms with Gasteiger partial charge < -0.3 is 5.32 Å². The van der Waals surface area contributed by atoms with E-state index in [2.05, 4.69) is 10.6 Å². The standard InChI is InChI=1S/C12H15FN2OS.ClH/c13-10-3-1-2-9(6-10)4-5-14-12(16)11-7-17-8-15-11;/h1-3,6,11,15H,4-5,7-8H2,(H,14,16);1H. The van der Waals surface area contributed by atoms with Gasteiger partial charge in [0.1, 0.15) is 5.82 Å². The average molecular weight is 291 g/mol. The maximum Gasteiger partial charge on any atom is 0.238 e. The Hall–Kier alpha value is -0.780. The molecule has 1 aromatic carbocycles. The van der Waals surface area contributed by atoms with Gasteiger partial charge in [-0.05, 0) is 24.1 Å². The van der Waals surface area contributed by atoms with Gasteiger partial charge in [0.2, 0.25) is 5.91 Å². The van der Waals surface area contributed by atoms with Gasteiger partial charge in [-0.3, -0.25) is 10.1 Å². The summed E-state index contributed by atoms with van der Waals surface area (Å²) in [5, 5.41) is 5.96. The van der Waals surface area contributed by atoms with E-state index in [1.807, 2.05) is 6.07 Å². The van der Waals surface area contributed by atoms with Crippen molar-refractivity contribution in [2.75, 3.05) is 18.2 Å². The fraction of sp³-hybridized carbons (Fsp3) is 0.417. The summed E-state index contributed by atoms with van der Waals surface area (Å²) in [6.45, 7) is 0.547. The Labute approximate surface area is 116 Å². The summed E-state index contributed by atoms with van der Waals surface area (Å²) in [7, 11) is 0. The Morgan fingerprint density at radius 2 is 2.39 bits per heavy atom. The maximum absolute atomic E-state index is 12.9. The second-order valence-electron chi connectivity index (χ2n) is 3.94. The number of halogens is 2. The lowest BCUT2D eigenvalue weighted by Gasteiger charge is -2.10. The van der Waals surface area contributed by atoms with Gasteiger partial charge in [-0.2, -0.15) is 0 Å². The van der Waals surface area contributed by atoms with Crippen LogP contribution in [0.5, 0.6) is 0 Å². The largest absolute Gasteiger partial charge is 0.354 e. The molecule has 1 unspecified atom stereocenters. The van der Waals surface area contributed by atoms with Crippen molar-refractivity contribution in [3.8, 4) is 0 Å². The molecular weight excluding hydrogens is 275 g/mol. The van der Waals surface area contributed by atoms with Crippen molar-refractivity contribution in [2.24, 2.45) is 0 Å². The highest BCUT2D eigenvalue weighted by Gasteiger charge is 2.21. The van der Waals surface area contributed by atoms with Gasteiger partial charge in [0.25, 0.3) is 0 Å². The van der Waals surface area contributed by atoms with E-state index < -0.39 is 0 Å². The number of rotatable bonds is 4. The van der Waals surface area contributed by atoms with Crippen LogP contribution < -0.4 is 10.6 Å². The molecule has 0 aliphatic carbocycles. The van der Waals surface area contributed by atoms with Gasteiger partial charge in [0.05, 0.1) is 6.04 Å². The zero-order valence-corrected chi connectivity index (χ0v) is 11.5. The van der Waals surface area contributed by atoms with Crippen LogP contribution in [-0.2, 0) is 11.2 Å². The van der Waals surface area contributed by atoms with Crippen LogP contribution >= 0.6 is 24.2 Å². The molecule has 2 rings (SSSR count). The van der Waals surface area contributed by atoms with Crippen molar-refractivity contribution in [2.45, 2.75) is 12.5 Å². The fourth-order valence-electron chi connectivity index (χ4n) is 1.71. The van der Waals surface area contributed by atoms with E-state index >= 15 is 0 Å². The molecule has 0 saturated carbocycles. The second-order valence-corrected chi connectivity index (χ2v) is 4.97. The predicted octanol–water partition coefficient (Wildman–Crippen LogP) is 1.57. The number of nitrogens with one attached hydrogen (secondary N) is 2. The third kappa shape index (κ3) is 4.48. The topological polar surface area (TPSA) is 41.1 Å². The molecule has 1 amide bonds. The van der Waals surface area contributed by atoms with Crippen molar-refractivity contribution in [1.29, 1.82) is 0 Å². The van der Waals surface area contributed by atoms with Gasteiger partial charge in [0, 0.05) is 18.2 Å². The van der Waals surface area contributed by atoms with E-state index in [9.17, 15) is 9.18 Å². The normalized spacial score (nSPS) is 18.2. The Balaban J connectivity index is 0.00000162. The van der Waals surface area contributed by atoms with Crippen molar-refractivity contribution < 1.29 is 9.18 Å². The van der Waals surface area contributed by atoms with E-state index in [4.69, 9.17) is 0 Å². The zero-order valence-electron chi connectivity index (χ0n) is 9.82. The molecule has 1 aromatic rings. The molecular formula is C12H16ClFN2OS. The first-order valence-corrected chi connectivity index (χ1v) is 6.74. The highest BCUT2D eigenvalue weighted by atomic mass is 35.5. The predicted molar refractivity (Wildman–Crippen MR) is 74.6 cm³/mol. The summed E-state index contributed by atoms with van der Waals surface area (Å²) in [6.07, 6.45) is 0.656. The van der Waals surface area contributed by atoms with Gasteiger partial charge in [-0.1, -0.05) is 12.1 Å². The van der Waals surface area contributed by atoms with E-state index in [1.165, 1.54) is 12.1 Å². The molecule has 0 aromatic heterocycles. The monoisotopic (exact) mass is 290 g/mol. The van der Waals surface area contributed by atoms with Crippen LogP contribution in [0.25, 0.3) is 0 Å². The lowest BCUT2D eigenvalue weighted by Crippen LogP contribution is -2.42. The molecule has 1 saturated heterocycles. The highest BCUT2D eigenvalue weighted by Crippen LogP contribution is 2.09. The van der Waals surface area contributed by atoms with Crippen LogP contribution in [0, 0.1) is 5.82 Å². The Morgan fingerprint density at radius 1 is 1.56 bits per heavy atom. The van der Waals surface area contributed by atoms with Crippen molar-refractivity contribution >= 4 is 30.1 Å². The Morgan fingerprint density at radius 3 is 3.06 bits per heavy atom. The van der Waals surface area contributed by atoms with Crippen molar-refractivity contribution in [1.82, 2.24) is 10.6 Å². The number of hydrogen-bond donors (Lipinski definition) is 2. The first kappa shape index (κ1) is 15.3. The van der Waals surface area contributed by atoms with Crippen LogP contribution in [-0.4, -0.2) is 30.1 Å². The van der Waals surface area contributed by atoms with Crippen LogP contribution in [0.2, 0.25) is 0 Å². The van der Waals surface area contributed by atoms with Crippen molar-refractivity contribution in [3.63, 3.8) is 0 Å². The summed E-state index contributed by atoms with van der Waals surface area (Å²) in [5.41, 5.74) is 0.902. The molecule has 2 N–H and O–H groups in total. The van der Waals surface area contributed by atoms with Crippen LogP contribution in [0.15, 0.2) is 24.3 Å². The van der Waals surface area contributed by atoms with Crippen LogP contribution in [0.4, 0.5) is 4.39 Å². The molecule has 6 heteroatoms. The minimum Gasteiger partial charge on any atom is -0.354 e. The van der Waals surface area contributed by atoms with Crippen molar-refractivity contribution in [3.05, 3.63) is 35.6 Å². The molecule has 0 radical (unpaired) electrons. The smallest absolute Gasteiger partial charge is 0.238 e. The molecule has 3 nitrogen and oxygen atoms in total. The summed E-state index contributed by atoms with van der Waals surface area (Å²) in [4.78, 5) is 11.6. The number of thioether (sulfide) groups is 1. The zero-order chi connectivity index (χ0) is 12.1. The van der Waals surface area contributed by atoms with E-state index in [0.29, 0.717) is 13.0 Å². The summed E-state index contributed by atoms with van der Waals surface area (Å²) < 4.78 is 12.9. The Kier molecular flexibility index (Phi) is 6.46. The number of benzene rings is 1. The molecule has 1 heterocycles. The SMILES string of the molecule is Cl.O=C(NCCc1cccc(F)c1)C1CSCN1. The minimum atomic E-state index is -0.234. The van der Waals surface area contributed by atoms with Crippen LogP contribution in [0.3, 0.4) is 0 Å². The van der Waals surface area contributed by atoms with Gasteiger partial charge in [0.15, 0.2) is 0 Å².